The number of benzene rings is 2. The molecule has 2 heterocycles. The van der Waals surface area contributed by atoms with Gasteiger partial charge in [0.2, 0.25) is 0 Å². The SMILES string of the molecule is C=CCOC(=O)N1c2cc(OCCOCCI)c(OC)cc2C(=O)N2Cc3ccccc3C[C@H]2C1O[Si](C)(C)C(C)(C)C. The summed E-state index contributed by atoms with van der Waals surface area (Å²) in [5, 5.41) is -0.160. The van der Waals surface area contributed by atoms with Crippen molar-refractivity contribution in [3.8, 4) is 11.5 Å². The highest BCUT2D eigenvalue weighted by Crippen LogP contribution is 2.45. The first-order valence-electron chi connectivity index (χ1n) is 14.5. The first kappa shape index (κ1) is 33.3. The Morgan fingerprint density at radius 2 is 1.84 bits per heavy atom. The Kier molecular flexibility index (Phi) is 10.8. The molecule has 4 rings (SSSR count). The first-order valence-corrected chi connectivity index (χ1v) is 19.0. The second-order valence-corrected chi connectivity index (χ2v) is 18.0. The number of alkyl halides is 1. The van der Waals surface area contributed by atoms with Gasteiger partial charge >= 0.3 is 6.09 Å². The molecule has 0 bridgehead atoms. The van der Waals surface area contributed by atoms with Crippen LogP contribution in [-0.4, -0.2) is 75.5 Å². The number of amides is 2. The number of fused-ring (bicyclic) bond motifs is 3. The maximum atomic E-state index is 14.5. The Hall–Kier alpha value is -2.61. The molecule has 2 aromatic carbocycles. The van der Waals surface area contributed by atoms with Crippen LogP contribution in [0, 0.1) is 0 Å². The van der Waals surface area contributed by atoms with Crippen molar-refractivity contribution in [1.29, 1.82) is 0 Å². The summed E-state index contributed by atoms with van der Waals surface area (Å²) in [4.78, 5) is 31.8. The van der Waals surface area contributed by atoms with Gasteiger partial charge < -0.3 is 28.3 Å². The van der Waals surface area contributed by atoms with E-state index in [1.54, 1.807) is 12.1 Å². The van der Waals surface area contributed by atoms with Gasteiger partial charge in [-0.25, -0.2) is 9.69 Å². The maximum absolute atomic E-state index is 14.5. The van der Waals surface area contributed by atoms with Gasteiger partial charge in [0, 0.05) is 17.0 Å². The Labute approximate surface area is 269 Å². The van der Waals surface area contributed by atoms with Crippen molar-refractivity contribution >= 4 is 48.6 Å². The molecular weight excluding hydrogens is 679 g/mol. The average Bonchev–Trinajstić information content (AvgIpc) is 3.06. The van der Waals surface area contributed by atoms with Crippen LogP contribution in [0.1, 0.15) is 42.3 Å². The molecule has 2 aliphatic heterocycles. The van der Waals surface area contributed by atoms with Crippen LogP contribution >= 0.6 is 22.6 Å². The highest BCUT2D eigenvalue weighted by molar-refractivity contribution is 14.1. The summed E-state index contributed by atoms with van der Waals surface area (Å²) in [5.74, 6) is 0.564. The Morgan fingerprint density at radius 1 is 1.12 bits per heavy atom. The predicted octanol–water partition coefficient (Wildman–Crippen LogP) is 6.58. The molecule has 2 amide bonds. The maximum Gasteiger partial charge on any atom is 0.416 e. The van der Waals surface area contributed by atoms with Crippen molar-refractivity contribution in [2.75, 3.05) is 42.9 Å². The van der Waals surface area contributed by atoms with Crippen LogP contribution in [-0.2, 0) is 26.9 Å². The quantitative estimate of drug-likeness (QED) is 0.0852. The van der Waals surface area contributed by atoms with Gasteiger partial charge in [-0.15, -0.1) is 0 Å². The van der Waals surface area contributed by atoms with Gasteiger partial charge in [-0.05, 0) is 41.7 Å². The van der Waals surface area contributed by atoms with Gasteiger partial charge in [-0.3, -0.25) is 4.79 Å². The van der Waals surface area contributed by atoms with Crippen LogP contribution in [0.5, 0.6) is 11.5 Å². The predicted molar refractivity (Wildman–Crippen MR) is 178 cm³/mol. The minimum Gasteiger partial charge on any atom is -0.493 e. The van der Waals surface area contributed by atoms with Gasteiger partial charge in [0.1, 0.15) is 13.2 Å². The third-order valence-electron chi connectivity index (χ3n) is 8.35. The molecule has 0 saturated carbocycles. The van der Waals surface area contributed by atoms with E-state index in [2.05, 4.69) is 69.1 Å². The molecule has 2 atom stereocenters. The van der Waals surface area contributed by atoms with Crippen molar-refractivity contribution in [3.05, 3.63) is 65.7 Å². The summed E-state index contributed by atoms with van der Waals surface area (Å²) in [6.07, 6.45) is 0.604. The van der Waals surface area contributed by atoms with Crippen LogP contribution in [0.15, 0.2) is 49.1 Å². The standard InChI is InChI=1S/C32H43IN2O7Si/c1-8-14-41-31(37)35-25-20-28(40-17-16-39-15-13-33)27(38-5)19-24(25)29(36)34-21-23-12-10-9-11-22(23)18-26(34)30(35)42-43(6,7)32(2,3)4/h8-12,19-20,26,30H,1,13-18,21H2,2-7H3/t26-,30?/m0/s1. The van der Waals surface area contributed by atoms with Gasteiger partial charge in [0.15, 0.2) is 26.0 Å². The fraction of sp³-hybridized carbons (Fsp3) is 0.500. The summed E-state index contributed by atoms with van der Waals surface area (Å²) in [5.41, 5.74) is 2.86. The average molecular weight is 723 g/mol. The van der Waals surface area contributed by atoms with Gasteiger partial charge in [0.05, 0.1) is 37.6 Å². The molecule has 234 valence electrons. The van der Waals surface area contributed by atoms with E-state index in [1.165, 1.54) is 18.1 Å². The number of carbonyl (C=O) groups excluding carboxylic acids is 2. The molecule has 2 aliphatic rings. The fourth-order valence-electron chi connectivity index (χ4n) is 5.06. The number of halogens is 1. The Balaban J connectivity index is 1.90. The molecule has 9 nitrogen and oxygen atoms in total. The number of anilines is 1. The van der Waals surface area contributed by atoms with Crippen molar-refractivity contribution in [1.82, 2.24) is 4.90 Å². The number of nitrogens with zero attached hydrogens (tertiary/aromatic N) is 2. The third kappa shape index (κ3) is 7.21. The minimum absolute atomic E-state index is 0.0102. The summed E-state index contributed by atoms with van der Waals surface area (Å²) in [6.45, 7) is 16.1. The van der Waals surface area contributed by atoms with Gasteiger partial charge in [-0.1, -0.05) is 80.3 Å². The zero-order valence-electron chi connectivity index (χ0n) is 26.0. The number of methoxy groups -OCH3 is 1. The summed E-state index contributed by atoms with van der Waals surface area (Å²) >= 11 is 2.25. The van der Waals surface area contributed by atoms with Crippen molar-refractivity contribution in [2.24, 2.45) is 0 Å². The van der Waals surface area contributed by atoms with E-state index < -0.39 is 26.7 Å². The summed E-state index contributed by atoms with van der Waals surface area (Å²) in [6, 6.07) is 11.0. The molecule has 43 heavy (non-hydrogen) atoms. The van der Waals surface area contributed by atoms with Crippen LogP contribution in [0.3, 0.4) is 0 Å². The van der Waals surface area contributed by atoms with E-state index in [9.17, 15) is 9.59 Å². The van der Waals surface area contributed by atoms with E-state index in [4.69, 9.17) is 23.4 Å². The van der Waals surface area contributed by atoms with Crippen LogP contribution in [0.25, 0.3) is 0 Å². The van der Waals surface area contributed by atoms with E-state index in [-0.39, 0.29) is 24.2 Å². The largest absolute Gasteiger partial charge is 0.493 e. The molecule has 0 spiro atoms. The molecule has 2 aromatic rings. The number of rotatable bonds is 11. The van der Waals surface area contributed by atoms with Crippen molar-refractivity contribution in [2.45, 2.75) is 64.1 Å². The topological polar surface area (TPSA) is 86.8 Å². The van der Waals surface area contributed by atoms with Crippen molar-refractivity contribution < 1.29 is 33.0 Å². The lowest BCUT2D eigenvalue weighted by Gasteiger charge is -2.47. The second-order valence-electron chi connectivity index (χ2n) is 12.1. The molecule has 0 radical (unpaired) electrons. The number of hydrogen-bond donors (Lipinski definition) is 0. The number of carbonyl (C=O) groups is 2. The lowest BCUT2D eigenvalue weighted by atomic mass is 9.93. The lowest BCUT2D eigenvalue weighted by Crippen LogP contribution is -2.60. The summed E-state index contributed by atoms with van der Waals surface area (Å²) in [7, 11) is -0.961. The highest BCUT2D eigenvalue weighted by Gasteiger charge is 2.50. The highest BCUT2D eigenvalue weighted by atomic mass is 127. The second kappa shape index (κ2) is 14.0. The molecule has 1 unspecified atom stereocenters. The lowest BCUT2D eigenvalue weighted by molar-refractivity contribution is 0.0338. The van der Waals surface area contributed by atoms with Gasteiger partial charge in [0.25, 0.3) is 5.91 Å². The first-order chi connectivity index (χ1) is 20.4. The Bertz CT molecular complexity index is 1330. The summed E-state index contributed by atoms with van der Waals surface area (Å²) < 4.78 is 31.0. The molecule has 0 aromatic heterocycles. The van der Waals surface area contributed by atoms with E-state index >= 15 is 0 Å². The molecule has 0 saturated heterocycles. The van der Waals surface area contributed by atoms with E-state index in [1.807, 2.05) is 23.1 Å². The number of hydrogen-bond acceptors (Lipinski definition) is 7. The monoisotopic (exact) mass is 722 g/mol. The molecule has 0 aliphatic carbocycles. The van der Waals surface area contributed by atoms with Crippen LogP contribution in [0.4, 0.5) is 10.5 Å². The zero-order valence-corrected chi connectivity index (χ0v) is 29.1. The zero-order chi connectivity index (χ0) is 31.4. The minimum atomic E-state index is -2.49. The normalized spacial score (nSPS) is 18.3. The van der Waals surface area contributed by atoms with Crippen molar-refractivity contribution in [3.63, 3.8) is 0 Å². The van der Waals surface area contributed by atoms with Crippen LogP contribution < -0.4 is 14.4 Å². The Morgan fingerprint density at radius 3 is 2.49 bits per heavy atom. The van der Waals surface area contributed by atoms with Gasteiger partial charge in [-0.2, -0.15) is 0 Å². The van der Waals surface area contributed by atoms with E-state index in [0.29, 0.717) is 48.9 Å². The smallest absolute Gasteiger partial charge is 0.416 e. The molecule has 0 fully saturated rings. The number of ether oxygens (including phenoxy) is 4. The van der Waals surface area contributed by atoms with E-state index in [0.717, 1.165) is 15.6 Å². The van der Waals surface area contributed by atoms with Crippen LogP contribution in [0.2, 0.25) is 18.1 Å². The fourth-order valence-corrected chi connectivity index (χ4v) is 6.59. The molecular formula is C32H43IN2O7Si. The third-order valence-corrected chi connectivity index (χ3v) is 13.2. The molecule has 11 heteroatoms. The molecule has 0 N–H and O–H groups in total.